The number of ether oxygens (including phenoxy) is 1. The first-order valence-electron chi connectivity index (χ1n) is 8.28. The number of nitrogens with zero attached hydrogens (tertiary/aromatic N) is 1. The second kappa shape index (κ2) is 8.81. The Morgan fingerprint density at radius 1 is 1.00 bits per heavy atom. The number of phenols is 4. The highest BCUT2D eigenvalue weighted by molar-refractivity contribution is 5.94. The van der Waals surface area contributed by atoms with E-state index in [9.17, 15) is 30.0 Å². The van der Waals surface area contributed by atoms with Crippen molar-refractivity contribution in [2.45, 2.75) is 12.5 Å². The van der Waals surface area contributed by atoms with Crippen LogP contribution in [0.1, 0.15) is 11.1 Å². The van der Waals surface area contributed by atoms with Crippen LogP contribution in [0.25, 0.3) is 6.08 Å². The van der Waals surface area contributed by atoms with Crippen molar-refractivity contribution in [3.63, 3.8) is 0 Å². The summed E-state index contributed by atoms with van der Waals surface area (Å²) in [5.74, 6) is -2.35. The molecule has 148 valence electrons. The first-order chi connectivity index (χ1) is 13.2. The second-order valence-electron chi connectivity index (χ2n) is 6.10. The third-order valence-electron chi connectivity index (χ3n) is 4.18. The highest BCUT2D eigenvalue weighted by Crippen LogP contribution is 2.27. The Bertz CT molecular complexity index is 907. The van der Waals surface area contributed by atoms with Crippen LogP contribution in [0, 0.1) is 0 Å². The minimum atomic E-state index is -0.959. The van der Waals surface area contributed by atoms with Crippen molar-refractivity contribution < 1.29 is 34.8 Å². The van der Waals surface area contributed by atoms with Gasteiger partial charge >= 0.3 is 5.97 Å². The van der Waals surface area contributed by atoms with Crippen LogP contribution in [0.15, 0.2) is 42.5 Å². The number of aromatic hydroxyl groups is 4. The van der Waals surface area contributed by atoms with Crippen LogP contribution in [0.2, 0.25) is 0 Å². The van der Waals surface area contributed by atoms with Crippen LogP contribution in [-0.4, -0.2) is 57.4 Å². The van der Waals surface area contributed by atoms with Crippen molar-refractivity contribution in [1.29, 1.82) is 0 Å². The zero-order valence-corrected chi connectivity index (χ0v) is 15.4. The van der Waals surface area contributed by atoms with Crippen LogP contribution < -0.4 is 0 Å². The van der Waals surface area contributed by atoms with E-state index in [1.807, 2.05) is 0 Å². The Morgan fingerprint density at radius 2 is 1.61 bits per heavy atom. The molecule has 8 nitrogen and oxygen atoms in total. The maximum atomic E-state index is 12.5. The van der Waals surface area contributed by atoms with E-state index in [2.05, 4.69) is 0 Å². The number of carbonyl (C=O) groups is 2. The zero-order valence-electron chi connectivity index (χ0n) is 15.4. The molecule has 28 heavy (non-hydrogen) atoms. The third kappa shape index (κ3) is 4.94. The monoisotopic (exact) mass is 387 g/mol. The van der Waals surface area contributed by atoms with Crippen LogP contribution in [-0.2, 0) is 20.7 Å². The number of hydrogen-bond acceptors (Lipinski definition) is 7. The van der Waals surface area contributed by atoms with Crippen molar-refractivity contribution in [2.75, 3.05) is 14.2 Å². The lowest BCUT2D eigenvalue weighted by molar-refractivity contribution is -0.150. The van der Waals surface area contributed by atoms with Crippen LogP contribution in [0.3, 0.4) is 0 Å². The predicted molar refractivity (Wildman–Crippen MR) is 101 cm³/mol. The molecule has 0 spiro atoms. The van der Waals surface area contributed by atoms with Crippen molar-refractivity contribution >= 4 is 18.0 Å². The van der Waals surface area contributed by atoms with Crippen molar-refractivity contribution in [2.24, 2.45) is 0 Å². The van der Waals surface area contributed by atoms with Gasteiger partial charge in [0.25, 0.3) is 0 Å². The van der Waals surface area contributed by atoms with Gasteiger partial charge in [0.1, 0.15) is 6.04 Å². The lowest BCUT2D eigenvalue weighted by Gasteiger charge is -2.25. The summed E-state index contributed by atoms with van der Waals surface area (Å²) in [4.78, 5) is 25.8. The molecule has 2 rings (SSSR count). The smallest absolute Gasteiger partial charge is 0.328 e. The summed E-state index contributed by atoms with van der Waals surface area (Å²) in [7, 11) is 2.64. The maximum Gasteiger partial charge on any atom is 0.328 e. The second-order valence-corrected chi connectivity index (χ2v) is 6.10. The topological polar surface area (TPSA) is 128 Å². The average molecular weight is 387 g/mol. The van der Waals surface area contributed by atoms with Gasteiger partial charge in [-0.15, -0.1) is 0 Å². The van der Waals surface area contributed by atoms with E-state index in [0.29, 0.717) is 11.1 Å². The predicted octanol–water partition coefficient (Wildman–Crippen LogP) is 1.76. The van der Waals surface area contributed by atoms with Crippen molar-refractivity contribution in [1.82, 2.24) is 4.90 Å². The molecule has 0 bridgehead atoms. The molecule has 0 heterocycles. The fraction of sp³-hybridized carbons (Fsp3) is 0.200. The Balaban J connectivity index is 2.18. The third-order valence-corrected chi connectivity index (χ3v) is 4.18. The van der Waals surface area contributed by atoms with E-state index < -0.39 is 17.9 Å². The number of benzene rings is 2. The van der Waals surface area contributed by atoms with Gasteiger partial charge < -0.3 is 30.1 Å². The first-order valence-corrected chi connectivity index (χ1v) is 8.28. The number of carbonyl (C=O) groups excluding carboxylic acids is 2. The Morgan fingerprint density at radius 3 is 2.18 bits per heavy atom. The van der Waals surface area contributed by atoms with Gasteiger partial charge in [-0.3, -0.25) is 4.79 Å². The number of amides is 1. The quantitative estimate of drug-likeness (QED) is 0.338. The summed E-state index contributed by atoms with van der Waals surface area (Å²) >= 11 is 0. The van der Waals surface area contributed by atoms with Crippen molar-refractivity contribution in [3.05, 3.63) is 53.6 Å². The van der Waals surface area contributed by atoms with Crippen LogP contribution >= 0.6 is 0 Å². The number of likely N-dealkylation sites (N-methyl/N-ethyl adjacent to an activating group) is 1. The van der Waals surface area contributed by atoms with E-state index in [1.165, 1.54) is 67.6 Å². The van der Waals surface area contributed by atoms with Gasteiger partial charge in [0, 0.05) is 19.5 Å². The van der Waals surface area contributed by atoms with E-state index in [4.69, 9.17) is 4.74 Å². The molecule has 0 aliphatic heterocycles. The molecule has 0 aliphatic carbocycles. The molecular formula is C20H21NO7. The summed E-state index contributed by atoms with van der Waals surface area (Å²) in [6, 6.07) is 7.25. The first kappa shape index (κ1) is 20.6. The molecule has 0 radical (unpaired) electrons. The van der Waals surface area contributed by atoms with Gasteiger partial charge in [-0.25, -0.2) is 4.79 Å². The number of methoxy groups -OCH3 is 1. The summed E-state index contributed by atoms with van der Waals surface area (Å²) in [6.45, 7) is 0. The molecule has 2 aromatic carbocycles. The van der Waals surface area contributed by atoms with Crippen LogP contribution in [0.4, 0.5) is 0 Å². The molecule has 0 saturated heterocycles. The number of phenolic OH excluding ortho intramolecular Hbond substituents is 4. The summed E-state index contributed by atoms with van der Waals surface area (Å²) < 4.78 is 4.77. The van der Waals surface area contributed by atoms with Gasteiger partial charge in [0.15, 0.2) is 23.0 Å². The molecular weight excluding hydrogens is 366 g/mol. The molecule has 0 saturated carbocycles. The summed E-state index contributed by atoms with van der Waals surface area (Å²) in [5.41, 5.74) is 1.01. The number of rotatable bonds is 6. The molecule has 0 aromatic heterocycles. The minimum absolute atomic E-state index is 0.0661. The molecule has 0 unspecified atom stereocenters. The molecule has 0 aliphatic rings. The summed E-state index contributed by atoms with van der Waals surface area (Å²) in [5, 5.41) is 37.8. The van der Waals surface area contributed by atoms with Crippen molar-refractivity contribution in [3.8, 4) is 23.0 Å². The van der Waals surface area contributed by atoms with E-state index in [-0.39, 0.29) is 29.4 Å². The average Bonchev–Trinajstić information content (AvgIpc) is 2.68. The lowest BCUT2D eigenvalue weighted by Crippen LogP contribution is -2.43. The zero-order chi connectivity index (χ0) is 20.8. The van der Waals surface area contributed by atoms with Gasteiger partial charge in [-0.2, -0.15) is 0 Å². The fourth-order valence-electron chi connectivity index (χ4n) is 2.52. The highest BCUT2D eigenvalue weighted by atomic mass is 16.5. The normalized spacial score (nSPS) is 11.9. The standard InChI is InChI=1S/C20H21NO7/c1-21(19(26)8-5-12-3-6-15(22)17(24)10-12)14(20(27)28-2)9-13-4-7-16(23)18(25)11-13/h3-8,10-11,14,22-25H,9H2,1-2H3/b8-5+/t14-/m0/s1. The summed E-state index contributed by atoms with van der Waals surface area (Å²) in [6.07, 6.45) is 2.71. The van der Waals surface area contributed by atoms with E-state index >= 15 is 0 Å². The Labute approximate surface area is 161 Å². The molecule has 1 amide bonds. The van der Waals surface area contributed by atoms with E-state index in [0.717, 1.165) is 0 Å². The number of hydrogen-bond donors (Lipinski definition) is 4. The molecule has 4 N–H and O–H groups in total. The fourth-order valence-corrected chi connectivity index (χ4v) is 2.52. The minimum Gasteiger partial charge on any atom is -0.504 e. The largest absolute Gasteiger partial charge is 0.504 e. The van der Waals surface area contributed by atoms with Crippen LogP contribution in [0.5, 0.6) is 23.0 Å². The molecule has 2 aromatic rings. The van der Waals surface area contributed by atoms with Gasteiger partial charge in [-0.1, -0.05) is 12.1 Å². The molecule has 0 fully saturated rings. The molecule has 8 heteroatoms. The maximum absolute atomic E-state index is 12.5. The van der Waals surface area contributed by atoms with E-state index in [1.54, 1.807) is 0 Å². The highest BCUT2D eigenvalue weighted by Gasteiger charge is 2.27. The number of esters is 1. The SMILES string of the molecule is COC(=O)[C@H](Cc1ccc(O)c(O)c1)N(C)C(=O)/C=C/c1ccc(O)c(O)c1. The Hall–Kier alpha value is -3.68. The molecule has 1 atom stereocenters. The lowest BCUT2D eigenvalue weighted by atomic mass is 10.0. The van der Waals surface area contributed by atoms with Gasteiger partial charge in [0.2, 0.25) is 5.91 Å². The van der Waals surface area contributed by atoms with Gasteiger partial charge in [-0.05, 0) is 41.5 Å². The Kier molecular flexibility index (Phi) is 6.49. The van der Waals surface area contributed by atoms with Gasteiger partial charge in [0.05, 0.1) is 7.11 Å².